The van der Waals surface area contributed by atoms with E-state index in [9.17, 15) is 9.59 Å². The molecule has 1 aromatic carbocycles. The predicted molar refractivity (Wildman–Crippen MR) is 78.9 cm³/mol. The zero-order valence-electron chi connectivity index (χ0n) is 12.2. The monoisotopic (exact) mass is 277 g/mol. The molecule has 0 spiro atoms. The van der Waals surface area contributed by atoms with Crippen LogP contribution < -0.4 is 16.8 Å². The molecule has 0 aliphatic heterocycles. The lowest BCUT2D eigenvalue weighted by Crippen LogP contribution is -2.43. The van der Waals surface area contributed by atoms with Gasteiger partial charge in [-0.3, -0.25) is 9.59 Å². The van der Waals surface area contributed by atoms with Crippen molar-refractivity contribution in [2.45, 2.75) is 45.2 Å². The summed E-state index contributed by atoms with van der Waals surface area (Å²) >= 11 is 0. The number of hydrogen-bond acceptors (Lipinski definition) is 3. The van der Waals surface area contributed by atoms with Gasteiger partial charge in [-0.1, -0.05) is 38.1 Å². The Balaban J connectivity index is 2.64. The smallest absolute Gasteiger partial charge is 0.237 e. The van der Waals surface area contributed by atoms with Gasteiger partial charge in [0.1, 0.15) is 0 Å². The second-order valence-corrected chi connectivity index (χ2v) is 5.33. The summed E-state index contributed by atoms with van der Waals surface area (Å²) in [5, 5.41) is 2.78. The average Bonchev–Trinajstić information content (AvgIpc) is 2.37. The third-order valence-electron chi connectivity index (χ3n) is 3.22. The summed E-state index contributed by atoms with van der Waals surface area (Å²) in [4.78, 5) is 22.5. The van der Waals surface area contributed by atoms with Gasteiger partial charge in [-0.2, -0.15) is 0 Å². The van der Waals surface area contributed by atoms with Crippen LogP contribution in [0.2, 0.25) is 0 Å². The molecule has 2 unspecified atom stereocenters. The van der Waals surface area contributed by atoms with Crippen molar-refractivity contribution in [1.82, 2.24) is 5.32 Å². The molecule has 110 valence electrons. The first kappa shape index (κ1) is 16.2. The normalized spacial score (nSPS) is 13.8. The molecule has 0 aliphatic carbocycles. The Morgan fingerprint density at radius 3 is 2.05 bits per heavy atom. The fraction of sp³-hybridized carbons (Fsp3) is 0.467. The molecule has 0 aromatic heterocycles. The van der Waals surface area contributed by atoms with Crippen LogP contribution >= 0.6 is 0 Å². The highest BCUT2D eigenvalue weighted by atomic mass is 16.2. The van der Waals surface area contributed by atoms with Gasteiger partial charge in [-0.25, -0.2) is 0 Å². The highest BCUT2D eigenvalue weighted by molar-refractivity contribution is 5.87. The molecule has 5 nitrogen and oxygen atoms in total. The number of carbonyl (C=O) groups is 2. The largest absolute Gasteiger partial charge is 0.370 e. The van der Waals surface area contributed by atoms with Crippen LogP contribution in [0.4, 0.5) is 0 Å². The van der Waals surface area contributed by atoms with Crippen molar-refractivity contribution in [1.29, 1.82) is 0 Å². The highest BCUT2D eigenvalue weighted by Crippen LogP contribution is 2.18. The summed E-state index contributed by atoms with van der Waals surface area (Å²) in [6.07, 6.45) is -0.148. The molecule has 5 heteroatoms. The summed E-state index contributed by atoms with van der Waals surface area (Å²) in [7, 11) is 0. The molecule has 0 saturated heterocycles. The van der Waals surface area contributed by atoms with Crippen LogP contribution in [0.3, 0.4) is 0 Å². The van der Waals surface area contributed by atoms with Gasteiger partial charge in [0.15, 0.2) is 0 Å². The minimum atomic E-state index is -0.898. The van der Waals surface area contributed by atoms with E-state index in [0.29, 0.717) is 5.92 Å². The van der Waals surface area contributed by atoms with Crippen molar-refractivity contribution in [3.05, 3.63) is 35.4 Å². The van der Waals surface area contributed by atoms with Crippen LogP contribution in [0.1, 0.15) is 50.3 Å². The summed E-state index contributed by atoms with van der Waals surface area (Å²) in [5.74, 6) is -0.483. The summed E-state index contributed by atoms with van der Waals surface area (Å²) in [6, 6.07) is 7.00. The molecule has 0 heterocycles. The van der Waals surface area contributed by atoms with Crippen molar-refractivity contribution in [2.75, 3.05) is 0 Å². The van der Waals surface area contributed by atoms with Crippen LogP contribution in [-0.2, 0) is 9.59 Å². The molecule has 0 bridgehead atoms. The first-order valence-electron chi connectivity index (χ1n) is 6.75. The Hall–Kier alpha value is -1.88. The maximum atomic E-state index is 11.8. The number of carbonyl (C=O) groups excluding carboxylic acids is 2. The highest BCUT2D eigenvalue weighted by Gasteiger charge is 2.18. The van der Waals surface area contributed by atoms with Crippen LogP contribution in [-0.4, -0.2) is 17.9 Å². The van der Waals surface area contributed by atoms with E-state index in [1.54, 1.807) is 0 Å². The van der Waals surface area contributed by atoms with Crippen molar-refractivity contribution in [3.8, 4) is 0 Å². The summed E-state index contributed by atoms with van der Waals surface area (Å²) in [5.41, 5.74) is 12.9. The Morgan fingerprint density at radius 1 is 1.10 bits per heavy atom. The van der Waals surface area contributed by atoms with E-state index >= 15 is 0 Å². The molecule has 2 amide bonds. The van der Waals surface area contributed by atoms with E-state index < -0.39 is 11.9 Å². The Bertz CT molecular complexity index is 469. The molecule has 1 rings (SSSR count). The lowest BCUT2D eigenvalue weighted by Gasteiger charge is -2.18. The Labute approximate surface area is 119 Å². The molecule has 1 aromatic rings. The minimum Gasteiger partial charge on any atom is -0.370 e. The Morgan fingerprint density at radius 2 is 1.60 bits per heavy atom. The minimum absolute atomic E-state index is 0.148. The number of nitrogens with one attached hydrogen (secondary N) is 1. The molecule has 0 aliphatic rings. The first-order chi connectivity index (χ1) is 9.31. The van der Waals surface area contributed by atoms with Gasteiger partial charge in [-0.15, -0.1) is 0 Å². The molecule has 0 saturated carbocycles. The zero-order chi connectivity index (χ0) is 15.3. The topological polar surface area (TPSA) is 98.2 Å². The van der Waals surface area contributed by atoms with Gasteiger partial charge >= 0.3 is 0 Å². The van der Waals surface area contributed by atoms with Crippen molar-refractivity contribution in [3.63, 3.8) is 0 Å². The van der Waals surface area contributed by atoms with E-state index in [1.807, 2.05) is 31.2 Å². The number of hydrogen-bond donors (Lipinski definition) is 3. The molecule has 0 fully saturated rings. The standard InChI is InChI=1S/C15H23N3O2/c1-9(2)11-4-6-12(7-5-11)10(3)18-15(20)13(16)8-14(17)19/h4-7,9-10,13H,8,16H2,1-3H3,(H2,17,19)(H,18,20). The number of benzene rings is 1. The lowest BCUT2D eigenvalue weighted by atomic mass is 9.99. The van der Waals surface area contributed by atoms with Gasteiger partial charge in [0.25, 0.3) is 0 Å². The first-order valence-corrected chi connectivity index (χ1v) is 6.75. The molecular formula is C15H23N3O2. The average molecular weight is 277 g/mol. The number of primary amides is 1. The van der Waals surface area contributed by atoms with Crippen molar-refractivity contribution < 1.29 is 9.59 Å². The third-order valence-corrected chi connectivity index (χ3v) is 3.22. The van der Waals surface area contributed by atoms with E-state index in [4.69, 9.17) is 11.5 Å². The third kappa shape index (κ3) is 4.66. The van der Waals surface area contributed by atoms with Gasteiger partial charge in [0.05, 0.1) is 18.5 Å². The van der Waals surface area contributed by atoms with Crippen molar-refractivity contribution in [2.24, 2.45) is 11.5 Å². The van der Waals surface area contributed by atoms with Gasteiger partial charge in [-0.05, 0) is 24.0 Å². The zero-order valence-corrected chi connectivity index (χ0v) is 12.2. The predicted octanol–water partition coefficient (Wildman–Crippen LogP) is 1.19. The van der Waals surface area contributed by atoms with E-state index in [0.717, 1.165) is 5.56 Å². The SMILES string of the molecule is CC(C)c1ccc(C(C)NC(=O)C(N)CC(N)=O)cc1. The van der Waals surface area contributed by atoms with Crippen molar-refractivity contribution >= 4 is 11.8 Å². The summed E-state index contributed by atoms with van der Waals surface area (Å²) in [6.45, 7) is 6.13. The number of rotatable bonds is 6. The van der Waals surface area contributed by atoms with Gasteiger partial charge in [0.2, 0.25) is 11.8 Å². The molecule has 0 radical (unpaired) electrons. The van der Waals surface area contributed by atoms with Crippen LogP contribution in [0, 0.1) is 0 Å². The fourth-order valence-corrected chi connectivity index (χ4v) is 1.88. The van der Waals surface area contributed by atoms with Gasteiger partial charge in [0, 0.05) is 0 Å². The molecule has 20 heavy (non-hydrogen) atoms. The van der Waals surface area contributed by atoms with E-state index in [2.05, 4.69) is 19.2 Å². The quantitative estimate of drug-likeness (QED) is 0.728. The van der Waals surface area contributed by atoms with E-state index in [1.165, 1.54) is 5.56 Å². The maximum absolute atomic E-state index is 11.8. The lowest BCUT2D eigenvalue weighted by molar-refractivity contribution is -0.126. The fourth-order valence-electron chi connectivity index (χ4n) is 1.88. The molecular weight excluding hydrogens is 254 g/mol. The van der Waals surface area contributed by atoms with Crippen LogP contribution in [0.25, 0.3) is 0 Å². The second-order valence-electron chi connectivity index (χ2n) is 5.33. The second kappa shape index (κ2) is 7.05. The molecule has 5 N–H and O–H groups in total. The number of amides is 2. The summed E-state index contributed by atoms with van der Waals surface area (Å²) < 4.78 is 0. The maximum Gasteiger partial charge on any atom is 0.237 e. The van der Waals surface area contributed by atoms with Crippen LogP contribution in [0.5, 0.6) is 0 Å². The van der Waals surface area contributed by atoms with E-state index in [-0.39, 0.29) is 18.4 Å². The Kier molecular flexibility index (Phi) is 5.70. The number of nitrogens with two attached hydrogens (primary N) is 2. The molecule has 2 atom stereocenters. The van der Waals surface area contributed by atoms with Crippen LogP contribution in [0.15, 0.2) is 24.3 Å². The van der Waals surface area contributed by atoms with Gasteiger partial charge < -0.3 is 16.8 Å².